The summed E-state index contributed by atoms with van der Waals surface area (Å²) in [6.07, 6.45) is 1.74. The van der Waals surface area contributed by atoms with Gasteiger partial charge in [0.05, 0.1) is 35.4 Å². The molecule has 5 rings (SSSR count). The number of benzene rings is 1. The Morgan fingerprint density at radius 2 is 1.75 bits per heavy atom. The number of hydrogen-bond donors (Lipinski definition) is 0. The number of halogens is 3. The van der Waals surface area contributed by atoms with Gasteiger partial charge in [0, 0.05) is 12.7 Å². The molecule has 0 radical (unpaired) electrons. The molecule has 1 aromatic carbocycles. The van der Waals surface area contributed by atoms with Gasteiger partial charge in [-0.05, 0) is 101 Å². The summed E-state index contributed by atoms with van der Waals surface area (Å²) >= 11 is 0. The second-order valence-corrected chi connectivity index (χ2v) is 10.8. The Labute approximate surface area is 211 Å². The van der Waals surface area contributed by atoms with Crippen LogP contribution in [0.2, 0.25) is 0 Å². The highest BCUT2D eigenvalue weighted by Gasteiger charge is 2.43. The summed E-state index contributed by atoms with van der Waals surface area (Å²) in [5.74, 6) is 1.27. The molecule has 2 aliphatic rings. The van der Waals surface area contributed by atoms with Crippen LogP contribution in [-0.2, 0) is 6.54 Å². The van der Waals surface area contributed by atoms with Crippen LogP contribution in [0.4, 0.5) is 13.2 Å². The third-order valence-corrected chi connectivity index (χ3v) is 7.99. The molecule has 3 aromatic rings. The Morgan fingerprint density at radius 1 is 1.00 bits per heavy atom. The smallest absolute Gasteiger partial charge is 0.326 e. The summed E-state index contributed by atoms with van der Waals surface area (Å²) in [7, 11) is 2.15. The van der Waals surface area contributed by atoms with Gasteiger partial charge < -0.3 is 9.47 Å². The first-order chi connectivity index (χ1) is 17.2. The van der Waals surface area contributed by atoms with Crippen molar-refractivity contribution in [2.24, 2.45) is 5.92 Å². The van der Waals surface area contributed by atoms with Crippen LogP contribution < -0.4 is 0 Å². The van der Waals surface area contributed by atoms with E-state index in [4.69, 9.17) is 4.98 Å². The zero-order chi connectivity index (χ0) is 25.4. The van der Waals surface area contributed by atoms with Gasteiger partial charge in [-0.15, -0.1) is 0 Å². The van der Waals surface area contributed by atoms with Crippen molar-refractivity contribution in [2.75, 3.05) is 26.7 Å². The molecule has 0 saturated carbocycles. The number of alkyl halides is 3. The quantitative estimate of drug-likeness (QED) is 0.418. The molecular weight excluding hydrogens is 463 g/mol. The molecule has 194 valence electrons. The van der Waals surface area contributed by atoms with Crippen LogP contribution in [0.3, 0.4) is 0 Å². The lowest BCUT2D eigenvalue weighted by molar-refractivity contribution is -0.162. The SMILES string of the molecule is Cc1ccc2c(c1)nc([C@H]1CCC[C@@H](c3ncccc3C)N1CC(F)(F)F)n2CC1CCN(C)CC1. The van der Waals surface area contributed by atoms with Gasteiger partial charge in [-0.2, -0.15) is 13.2 Å². The van der Waals surface area contributed by atoms with Crippen molar-refractivity contribution in [1.29, 1.82) is 0 Å². The molecule has 2 saturated heterocycles. The highest BCUT2D eigenvalue weighted by molar-refractivity contribution is 5.77. The Bertz CT molecular complexity index is 1200. The lowest BCUT2D eigenvalue weighted by atomic mass is 9.90. The number of nitrogens with zero attached hydrogens (tertiary/aromatic N) is 5. The number of aromatic nitrogens is 3. The highest BCUT2D eigenvalue weighted by atomic mass is 19.4. The number of hydrogen-bond acceptors (Lipinski definition) is 4. The van der Waals surface area contributed by atoms with E-state index in [-0.39, 0.29) is 6.04 Å². The van der Waals surface area contributed by atoms with Crippen molar-refractivity contribution in [1.82, 2.24) is 24.3 Å². The molecule has 0 spiro atoms. The third kappa shape index (κ3) is 5.30. The zero-order valence-corrected chi connectivity index (χ0v) is 21.4. The molecule has 2 atom stereocenters. The molecule has 2 fully saturated rings. The Morgan fingerprint density at radius 3 is 2.47 bits per heavy atom. The summed E-state index contributed by atoms with van der Waals surface area (Å²) in [4.78, 5) is 13.6. The molecule has 0 amide bonds. The van der Waals surface area contributed by atoms with Gasteiger partial charge in [0.2, 0.25) is 0 Å². The van der Waals surface area contributed by atoms with Crippen molar-refractivity contribution in [3.8, 4) is 0 Å². The van der Waals surface area contributed by atoms with Crippen molar-refractivity contribution in [3.05, 3.63) is 59.2 Å². The first-order valence-corrected chi connectivity index (χ1v) is 13.1. The van der Waals surface area contributed by atoms with Crippen LogP contribution >= 0.6 is 0 Å². The molecule has 0 aliphatic carbocycles. The van der Waals surface area contributed by atoms with Crippen LogP contribution in [0, 0.1) is 19.8 Å². The van der Waals surface area contributed by atoms with Crippen LogP contribution in [0.1, 0.15) is 66.8 Å². The topological polar surface area (TPSA) is 37.2 Å². The summed E-state index contributed by atoms with van der Waals surface area (Å²) in [6, 6.07) is 9.21. The second kappa shape index (κ2) is 10.1. The number of aryl methyl sites for hydroxylation is 2. The van der Waals surface area contributed by atoms with Gasteiger partial charge in [0.15, 0.2) is 0 Å². The van der Waals surface area contributed by atoms with E-state index in [9.17, 15) is 13.2 Å². The third-order valence-electron chi connectivity index (χ3n) is 7.99. The van der Waals surface area contributed by atoms with E-state index in [1.807, 2.05) is 26.0 Å². The lowest BCUT2D eigenvalue weighted by Crippen LogP contribution is -2.43. The van der Waals surface area contributed by atoms with E-state index in [1.54, 1.807) is 11.1 Å². The fraction of sp³-hybridized carbons (Fsp3) is 0.571. The second-order valence-electron chi connectivity index (χ2n) is 10.8. The average molecular weight is 500 g/mol. The molecule has 0 bridgehead atoms. The molecule has 0 N–H and O–H groups in total. The van der Waals surface area contributed by atoms with E-state index in [0.29, 0.717) is 18.8 Å². The number of rotatable bonds is 5. The first-order valence-electron chi connectivity index (χ1n) is 13.1. The molecule has 2 aromatic heterocycles. The van der Waals surface area contributed by atoms with Crippen LogP contribution in [0.25, 0.3) is 11.0 Å². The Hall–Kier alpha value is -2.45. The van der Waals surface area contributed by atoms with E-state index in [1.165, 1.54) is 0 Å². The molecule has 4 heterocycles. The van der Waals surface area contributed by atoms with E-state index in [2.05, 4.69) is 39.7 Å². The standard InChI is InChI=1S/C28H36F3N5/c1-19-9-10-23-22(16-19)33-27(35(23)17-21-11-14-34(3)15-12-21)25-8-4-7-24(36(25)18-28(29,30)31)26-20(2)6-5-13-32-26/h5-6,9-10,13,16,21,24-25H,4,7-8,11-12,14-15,17-18H2,1-3H3/t24-,25+/m0/s1. The van der Waals surface area contributed by atoms with Crippen molar-refractivity contribution >= 4 is 11.0 Å². The van der Waals surface area contributed by atoms with E-state index in [0.717, 1.165) is 72.6 Å². The molecule has 5 nitrogen and oxygen atoms in total. The maximum absolute atomic E-state index is 14.0. The van der Waals surface area contributed by atoms with Crippen LogP contribution in [-0.4, -0.2) is 57.2 Å². The minimum absolute atomic E-state index is 0.384. The van der Waals surface area contributed by atoms with Gasteiger partial charge in [0.1, 0.15) is 5.82 Å². The summed E-state index contributed by atoms with van der Waals surface area (Å²) in [5.41, 5.74) is 4.69. The van der Waals surface area contributed by atoms with Gasteiger partial charge in [-0.1, -0.05) is 12.1 Å². The van der Waals surface area contributed by atoms with Crippen LogP contribution in [0.5, 0.6) is 0 Å². The fourth-order valence-electron chi connectivity index (χ4n) is 6.11. The van der Waals surface area contributed by atoms with Gasteiger partial charge >= 0.3 is 6.18 Å². The maximum atomic E-state index is 14.0. The minimum Gasteiger partial charge on any atom is -0.326 e. The Kier molecular flexibility index (Phi) is 7.10. The van der Waals surface area contributed by atoms with Gasteiger partial charge in [-0.3, -0.25) is 9.88 Å². The predicted molar refractivity (Wildman–Crippen MR) is 136 cm³/mol. The predicted octanol–water partition coefficient (Wildman–Crippen LogP) is 6.22. The van der Waals surface area contributed by atoms with Crippen molar-refractivity contribution < 1.29 is 13.2 Å². The maximum Gasteiger partial charge on any atom is 0.401 e. The van der Waals surface area contributed by atoms with E-state index < -0.39 is 18.8 Å². The van der Waals surface area contributed by atoms with E-state index >= 15 is 0 Å². The zero-order valence-electron chi connectivity index (χ0n) is 21.4. The first kappa shape index (κ1) is 25.2. The number of pyridine rings is 1. The number of fused-ring (bicyclic) bond motifs is 1. The van der Waals surface area contributed by atoms with Gasteiger partial charge in [0.25, 0.3) is 0 Å². The monoisotopic (exact) mass is 499 g/mol. The summed E-state index contributed by atoms with van der Waals surface area (Å²) in [5, 5.41) is 0. The summed E-state index contributed by atoms with van der Waals surface area (Å²) in [6.45, 7) is 5.91. The molecule has 8 heteroatoms. The van der Waals surface area contributed by atoms with Crippen molar-refractivity contribution in [2.45, 2.75) is 70.8 Å². The summed E-state index contributed by atoms with van der Waals surface area (Å²) < 4.78 is 44.2. The Balaban J connectivity index is 1.58. The largest absolute Gasteiger partial charge is 0.401 e. The average Bonchev–Trinajstić information content (AvgIpc) is 3.17. The normalized spacial score (nSPS) is 22.9. The number of likely N-dealkylation sites (tertiary alicyclic amines) is 2. The number of imidazole rings is 1. The molecule has 2 aliphatic heterocycles. The molecule has 0 unspecified atom stereocenters. The minimum atomic E-state index is -4.31. The molecule has 36 heavy (non-hydrogen) atoms. The van der Waals surface area contributed by atoms with Crippen molar-refractivity contribution in [3.63, 3.8) is 0 Å². The van der Waals surface area contributed by atoms with Gasteiger partial charge in [-0.25, -0.2) is 4.98 Å². The fourth-order valence-corrected chi connectivity index (χ4v) is 6.11. The number of piperidine rings is 2. The molecular formula is C28H36F3N5. The lowest BCUT2D eigenvalue weighted by Gasteiger charge is -2.42. The highest BCUT2D eigenvalue weighted by Crippen LogP contribution is 2.44. The van der Waals surface area contributed by atoms with Crippen LogP contribution in [0.15, 0.2) is 36.5 Å².